The number of halogens is 1. The molecule has 0 saturated carbocycles. The molecule has 5 heteroatoms. The SMILES string of the molecule is CON1C(C)(C)CC(COc2ccc(O)c(Cl)c2)CC1(C)C. The van der Waals surface area contributed by atoms with Crippen molar-refractivity contribution < 1.29 is 14.7 Å². The van der Waals surface area contributed by atoms with Crippen LogP contribution in [0.25, 0.3) is 0 Å². The minimum atomic E-state index is -0.0445. The monoisotopic (exact) mass is 327 g/mol. The second kappa shape index (κ2) is 6.26. The summed E-state index contributed by atoms with van der Waals surface area (Å²) in [5, 5.41) is 11.9. The van der Waals surface area contributed by atoms with Crippen LogP contribution >= 0.6 is 11.6 Å². The molecule has 0 amide bonds. The third-order valence-electron chi connectivity index (χ3n) is 4.26. The lowest BCUT2D eigenvalue weighted by atomic mass is 9.75. The maximum atomic E-state index is 9.45. The van der Waals surface area contributed by atoms with Crippen LogP contribution in [-0.4, -0.2) is 35.0 Å². The number of phenols is 1. The van der Waals surface area contributed by atoms with Crippen molar-refractivity contribution in [1.29, 1.82) is 0 Å². The molecular weight excluding hydrogens is 302 g/mol. The van der Waals surface area contributed by atoms with Crippen molar-refractivity contribution in [2.45, 2.75) is 51.6 Å². The van der Waals surface area contributed by atoms with Gasteiger partial charge in [0.1, 0.15) is 11.5 Å². The Morgan fingerprint density at radius 3 is 2.32 bits per heavy atom. The molecule has 2 rings (SSSR count). The van der Waals surface area contributed by atoms with Gasteiger partial charge in [-0.05, 0) is 58.6 Å². The second-order valence-corrected chi connectivity index (χ2v) is 7.71. The van der Waals surface area contributed by atoms with E-state index in [9.17, 15) is 5.11 Å². The summed E-state index contributed by atoms with van der Waals surface area (Å²) in [4.78, 5) is 5.61. The summed E-state index contributed by atoms with van der Waals surface area (Å²) in [6.45, 7) is 9.42. The summed E-state index contributed by atoms with van der Waals surface area (Å²) in [7, 11) is 1.73. The first kappa shape index (κ1) is 17.4. The summed E-state index contributed by atoms with van der Waals surface area (Å²) in [6, 6.07) is 4.94. The molecule has 1 saturated heterocycles. The van der Waals surface area contributed by atoms with Gasteiger partial charge in [-0.2, -0.15) is 5.06 Å². The number of hydrogen-bond donors (Lipinski definition) is 1. The highest BCUT2D eigenvalue weighted by Crippen LogP contribution is 2.41. The Hall–Kier alpha value is -0.970. The van der Waals surface area contributed by atoms with Crippen LogP contribution in [0.3, 0.4) is 0 Å². The Labute approximate surface area is 137 Å². The van der Waals surface area contributed by atoms with Gasteiger partial charge in [-0.1, -0.05) is 11.6 Å². The molecule has 1 N–H and O–H groups in total. The van der Waals surface area contributed by atoms with E-state index in [-0.39, 0.29) is 16.8 Å². The molecule has 1 aliphatic heterocycles. The highest BCUT2D eigenvalue weighted by molar-refractivity contribution is 6.32. The smallest absolute Gasteiger partial charge is 0.134 e. The van der Waals surface area contributed by atoms with Gasteiger partial charge < -0.3 is 14.7 Å². The lowest BCUT2D eigenvalue weighted by Crippen LogP contribution is -2.60. The number of rotatable bonds is 4. The van der Waals surface area contributed by atoms with Gasteiger partial charge in [-0.25, -0.2) is 0 Å². The van der Waals surface area contributed by atoms with Crippen LogP contribution in [-0.2, 0) is 4.84 Å². The molecule has 1 aliphatic rings. The second-order valence-electron chi connectivity index (χ2n) is 7.30. The standard InChI is InChI=1S/C17H26ClNO3/c1-16(2)9-12(10-17(3,4)19(16)21-5)11-22-13-6-7-15(20)14(18)8-13/h6-8,12,20H,9-11H2,1-5H3. The van der Waals surface area contributed by atoms with Crippen molar-refractivity contribution in [3.05, 3.63) is 23.2 Å². The van der Waals surface area contributed by atoms with Gasteiger partial charge in [-0.3, -0.25) is 0 Å². The number of nitrogens with zero attached hydrogens (tertiary/aromatic N) is 1. The van der Waals surface area contributed by atoms with E-state index in [4.69, 9.17) is 21.2 Å². The Bertz CT molecular complexity index is 513. The lowest BCUT2D eigenvalue weighted by Gasteiger charge is -2.53. The quantitative estimate of drug-likeness (QED) is 0.897. The minimum Gasteiger partial charge on any atom is -0.506 e. The fraction of sp³-hybridized carbons (Fsp3) is 0.647. The number of piperidine rings is 1. The number of aromatic hydroxyl groups is 1. The zero-order valence-electron chi connectivity index (χ0n) is 14.0. The average molecular weight is 328 g/mol. The first-order valence-electron chi connectivity index (χ1n) is 7.61. The normalized spacial score (nSPS) is 21.7. The average Bonchev–Trinajstić information content (AvgIpc) is 2.38. The van der Waals surface area contributed by atoms with Crippen LogP contribution in [0, 0.1) is 5.92 Å². The van der Waals surface area contributed by atoms with Gasteiger partial charge in [0.25, 0.3) is 0 Å². The highest BCUT2D eigenvalue weighted by Gasteiger charge is 2.46. The molecule has 0 aromatic heterocycles. The largest absolute Gasteiger partial charge is 0.506 e. The lowest BCUT2D eigenvalue weighted by molar-refractivity contribution is -0.272. The van der Waals surface area contributed by atoms with Crippen LogP contribution in [0.4, 0.5) is 0 Å². The molecule has 1 heterocycles. The number of benzene rings is 1. The van der Waals surface area contributed by atoms with Crippen molar-refractivity contribution in [2.75, 3.05) is 13.7 Å². The Morgan fingerprint density at radius 2 is 1.82 bits per heavy atom. The first-order chi connectivity index (χ1) is 10.2. The number of hydrogen-bond acceptors (Lipinski definition) is 4. The Morgan fingerprint density at radius 1 is 1.23 bits per heavy atom. The highest BCUT2D eigenvalue weighted by atomic mass is 35.5. The van der Waals surface area contributed by atoms with E-state index >= 15 is 0 Å². The summed E-state index contributed by atoms with van der Waals surface area (Å²) < 4.78 is 5.88. The molecule has 0 spiro atoms. The summed E-state index contributed by atoms with van der Waals surface area (Å²) in [5.74, 6) is 1.20. The van der Waals surface area contributed by atoms with Gasteiger partial charge in [-0.15, -0.1) is 0 Å². The fourth-order valence-corrected chi connectivity index (χ4v) is 4.04. The Balaban J connectivity index is 2.03. The van der Waals surface area contributed by atoms with Crippen LogP contribution in [0.5, 0.6) is 11.5 Å². The van der Waals surface area contributed by atoms with Crippen LogP contribution in [0.2, 0.25) is 5.02 Å². The van der Waals surface area contributed by atoms with Crippen molar-refractivity contribution >= 4 is 11.6 Å². The van der Waals surface area contributed by atoms with E-state index in [0.717, 1.165) is 12.8 Å². The molecule has 0 aliphatic carbocycles. The maximum Gasteiger partial charge on any atom is 0.134 e. The minimum absolute atomic E-state index is 0.0445. The van der Waals surface area contributed by atoms with Gasteiger partial charge in [0.15, 0.2) is 0 Å². The van der Waals surface area contributed by atoms with Crippen molar-refractivity contribution in [1.82, 2.24) is 5.06 Å². The van der Waals surface area contributed by atoms with Gasteiger partial charge in [0, 0.05) is 17.1 Å². The summed E-state index contributed by atoms with van der Waals surface area (Å²) in [5.41, 5.74) is -0.0890. The topological polar surface area (TPSA) is 41.9 Å². The predicted molar refractivity (Wildman–Crippen MR) is 88.3 cm³/mol. The number of ether oxygens (including phenoxy) is 1. The molecule has 1 aromatic carbocycles. The number of hydroxylamine groups is 2. The van der Waals surface area contributed by atoms with Gasteiger partial charge in [0.05, 0.1) is 18.7 Å². The Kier molecular flexibility index (Phi) is 4.95. The zero-order chi connectivity index (χ0) is 16.5. The van der Waals surface area contributed by atoms with E-state index in [1.165, 1.54) is 0 Å². The van der Waals surface area contributed by atoms with E-state index in [1.54, 1.807) is 25.3 Å². The van der Waals surface area contributed by atoms with Crippen molar-refractivity contribution in [3.8, 4) is 11.5 Å². The molecule has 22 heavy (non-hydrogen) atoms. The van der Waals surface area contributed by atoms with E-state index in [0.29, 0.717) is 23.3 Å². The molecule has 4 nitrogen and oxygen atoms in total. The predicted octanol–water partition coefficient (Wildman–Crippen LogP) is 4.26. The molecule has 0 unspecified atom stereocenters. The first-order valence-corrected chi connectivity index (χ1v) is 7.99. The van der Waals surface area contributed by atoms with Crippen LogP contribution in [0.15, 0.2) is 18.2 Å². The van der Waals surface area contributed by atoms with Gasteiger partial charge >= 0.3 is 0 Å². The van der Waals surface area contributed by atoms with Gasteiger partial charge in [0.2, 0.25) is 0 Å². The maximum absolute atomic E-state index is 9.45. The fourth-order valence-electron chi connectivity index (χ4n) is 3.87. The molecule has 1 fully saturated rings. The van der Waals surface area contributed by atoms with Crippen molar-refractivity contribution in [3.63, 3.8) is 0 Å². The van der Waals surface area contributed by atoms with Crippen LogP contribution in [0.1, 0.15) is 40.5 Å². The third kappa shape index (κ3) is 3.67. The summed E-state index contributed by atoms with van der Waals surface area (Å²) >= 11 is 5.91. The molecule has 0 radical (unpaired) electrons. The van der Waals surface area contributed by atoms with E-state index in [2.05, 4.69) is 32.8 Å². The van der Waals surface area contributed by atoms with Crippen molar-refractivity contribution in [2.24, 2.45) is 5.92 Å². The zero-order valence-corrected chi connectivity index (χ0v) is 14.8. The molecular formula is C17H26ClNO3. The number of phenolic OH excluding ortho intramolecular Hbond substituents is 1. The molecule has 124 valence electrons. The van der Waals surface area contributed by atoms with Crippen LogP contribution < -0.4 is 4.74 Å². The third-order valence-corrected chi connectivity index (χ3v) is 4.57. The molecule has 0 atom stereocenters. The molecule has 0 bridgehead atoms. The summed E-state index contributed by atoms with van der Waals surface area (Å²) in [6.07, 6.45) is 1.99. The van der Waals surface area contributed by atoms with E-state index < -0.39 is 0 Å². The van der Waals surface area contributed by atoms with E-state index in [1.807, 2.05) is 0 Å². The molecule has 1 aromatic rings.